The fraction of sp³-hybridized carbons (Fsp3) is 0.200. The van der Waals surface area contributed by atoms with Crippen LogP contribution < -0.4 is 5.73 Å². The van der Waals surface area contributed by atoms with E-state index >= 15 is 0 Å². The van der Waals surface area contributed by atoms with Gasteiger partial charge in [0.2, 0.25) is 0 Å². The summed E-state index contributed by atoms with van der Waals surface area (Å²) in [5.41, 5.74) is 10.9. The molecule has 2 heteroatoms. The Morgan fingerprint density at radius 1 is 1.06 bits per heavy atom. The van der Waals surface area contributed by atoms with Crippen LogP contribution in [0.1, 0.15) is 22.6 Å². The third-order valence-corrected chi connectivity index (χ3v) is 3.59. The number of hydrogen-bond donors (Lipinski definition) is 1. The summed E-state index contributed by atoms with van der Waals surface area (Å²) >= 11 is 0. The van der Waals surface area contributed by atoms with Crippen molar-refractivity contribution in [2.75, 3.05) is 6.54 Å². The number of hydrogen-bond acceptors (Lipinski definition) is 1. The van der Waals surface area contributed by atoms with Crippen molar-refractivity contribution in [1.29, 1.82) is 0 Å². The lowest BCUT2D eigenvalue weighted by Crippen LogP contribution is -2.11. The van der Waals surface area contributed by atoms with Gasteiger partial charge in [-0.3, -0.25) is 0 Å². The maximum atomic E-state index is 14.0. The molecule has 0 fully saturated rings. The Hall–Kier alpha value is -1.67. The molecule has 0 spiro atoms. The molecule has 86 valence electrons. The van der Waals surface area contributed by atoms with Gasteiger partial charge in [-0.05, 0) is 35.2 Å². The van der Waals surface area contributed by atoms with Crippen LogP contribution in [-0.4, -0.2) is 6.54 Å². The zero-order valence-electron chi connectivity index (χ0n) is 9.70. The highest BCUT2D eigenvalue weighted by Gasteiger charge is 2.30. The monoisotopic (exact) mass is 227 g/mol. The molecule has 0 aromatic heterocycles. The lowest BCUT2D eigenvalue weighted by Gasteiger charge is -2.10. The Bertz CT molecular complexity index is 538. The second-order valence-corrected chi connectivity index (χ2v) is 4.53. The minimum absolute atomic E-state index is 0.135. The van der Waals surface area contributed by atoms with Gasteiger partial charge in [0.1, 0.15) is 5.82 Å². The van der Waals surface area contributed by atoms with Crippen molar-refractivity contribution in [1.82, 2.24) is 0 Å². The van der Waals surface area contributed by atoms with Gasteiger partial charge in [0.05, 0.1) is 0 Å². The van der Waals surface area contributed by atoms with Crippen LogP contribution in [0.4, 0.5) is 4.39 Å². The zero-order valence-corrected chi connectivity index (χ0v) is 9.70. The summed E-state index contributed by atoms with van der Waals surface area (Å²) in [6, 6.07) is 11.4. The maximum Gasteiger partial charge on any atom is 0.131 e. The summed E-state index contributed by atoms with van der Waals surface area (Å²) in [6.07, 6.45) is 0. The van der Waals surface area contributed by atoms with Gasteiger partial charge in [-0.15, -0.1) is 0 Å². The van der Waals surface area contributed by atoms with E-state index in [4.69, 9.17) is 5.73 Å². The minimum atomic E-state index is -0.144. The fourth-order valence-electron chi connectivity index (χ4n) is 2.84. The molecule has 1 aliphatic rings. The smallest absolute Gasteiger partial charge is 0.131 e. The van der Waals surface area contributed by atoms with Crippen molar-refractivity contribution in [2.24, 2.45) is 5.73 Å². The van der Waals surface area contributed by atoms with Crippen LogP contribution in [0.5, 0.6) is 0 Å². The van der Waals surface area contributed by atoms with Gasteiger partial charge in [-0.2, -0.15) is 0 Å². The number of halogens is 1. The van der Waals surface area contributed by atoms with Crippen molar-refractivity contribution in [3.8, 4) is 11.1 Å². The maximum absolute atomic E-state index is 14.0. The van der Waals surface area contributed by atoms with Crippen molar-refractivity contribution in [2.45, 2.75) is 12.8 Å². The summed E-state index contributed by atoms with van der Waals surface area (Å²) < 4.78 is 14.0. The Kier molecular flexibility index (Phi) is 2.26. The standard InChI is InChI=1S/C15H14FN/c1-9-4-2-5-10-12(8-17)11-6-3-7-13(16)15(11)14(9)10/h2-7,12H,8,17H2,1H3. The van der Waals surface area contributed by atoms with Crippen LogP contribution >= 0.6 is 0 Å². The van der Waals surface area contributed by atoms with Gasteiger partial charge < -0.3 is 5.73 Å². The van der Waals surface area contributed by atoms with E-state index in [1.165, 1.54) is 6.07 Å². The first-order chi connectivity index (χ1) is 8.24. The summed E-state index contributed by atoms with van der Waals surface area (Å²) in [4.78, 5) is 0. The number of fused-ring (bicyclic) bond motifs is 3. The molecule has 0 radical (unpaired) electrons. The van der Waals surface area contributed by atoms with E-state index in [2.05, 4.69) is 6.07 Å². The highest BCUT2D eigenvalue weighted by Crippen LogP contribution is 2.46. The van der Waals surface area contributed by atoms with E-state index in [1.807, 2.05) is 25.1 Å². The largest absolute Gasteiger partial charge is 0.330 e. The molecule has 1 atom stereocenters. The van der Waals surface area contributed by atoms with E-state index in [0.717, 1.165) is 27.8 Å². The summed E-state index contributed by atoms with van der Waals surface area (Å²) in [7, 11) is 0. The molecular weight excluding hydrogens is 213 g/mol. The van der Waals surface area contributed by atoms with E-state index in [0.29, 0.717) is 6.54 Å². The van der Waals surface area contributed by atoms with Crippen LogP contribution in [0.25, 0.3) is 11.1 Å². The Morgan fingerprint density at radius 3 is 2.41 bits per heavy atom. The van der Waals surface area contributed by atoms with Gasteiger partial charge >= 0.3 is 0 Å². The van der Waals surface area contributed by atoms with Gasteiger partial charge in [0.15, 0.2) is 0 Å². The Morgan fingerprint density at radius 2 is 1.71 bits per heavy atom. The molecule has 0 amide bonds. The summed E-state index contributed by atoms with van der Waals surface area (Å²) in [6.45, 7) is 2.54. The normalized spacial score (nSPS) is 16.8. The van der Waals surface area contributed by atoms with Crippen molar-refractivity contribution in [3.63, 3.8) is 0 Å². The van der Waals surface area contributed by atoms with Crippen LogP contribution in [0, 0.1) is 12.7 Å². The molecule has 0 saturated carbocycles. The van der Waals surface area contributed by atoms with Crippen molar-refractivity contribution >= 4 is 0 Å². The van der Waals surface area contributed by atoms with Crippen LogP contribution in [0.2, 0.25) is 0 Å². The highest BCUT2D eigenvalue weighted by molar-refractivity contribution is 5.81. The molecule has 0 aliphatic heterocycles. The highest BCUT2D eigenvalue weighted by atomic mass is 19.1. The lowest BCUT2D eigenvalue weighted by atomic mass is 9.96. The topological polar surface area (TPSA) is 26.0 Å². The molecular formula is C15H14FN. The van der Waals surface area contributed by atoms with E-state index in [-0.39, 0.29) is 11.7 Å². The van der Waals surface area contributed by atoms with Gasteiger partial charge in [0.25, 0.3) is 0 Å². The average Bonchev–Trinajstić information content (AvgIpc) is 2.65. The Labute approximate surface area is 100 Å². The second kappa shape index (κ2) is 3.67. The summed E-state index contributed by atoms with van der Waals surface area (Å²) in [5.74, 6) is -0.00963. The molecule has 1 nitrogen and oxygen atoms in total. The van der Waals surface area contributed by atoms with Gasteiger partial charge in [-0.1, -0.05) is 30.3 Å². The van der Waals surface area contributed by atoms with Crippen molar-refractivity contribution in [3.05, 3.63) is 58.9 Å². The van der Waals surface area contributed by atoms with Gasteiger partial charge in [-0.25, -0.2) is 4.39 Å². The van der Waals surface area contributed by atoms with E-state index in [1.54, 1.807) is 6.07 Å². The number of rotatable bonds is 1. The summed E-state index contributed by atoms with van der Waals surface area (Å²) in [5, 5.41) is 0. The second-order valence-electron chi connectivity index (χ2n) is 4.53. The first-order valence-electron chi connectivity index (χ1n) is 5.82. The minimum Gasteiger partial charge on any atom is -0.330 e. The molecule has 17 heavy (non-hydrogen) atoms. The molecule has 0 bridgehead atoms. The van der Waals surface area contributed by atoms with Gasteiger partial charge in [0, 0.05) is 18.0 Å². The molecule has 1 aliphatic carbocycles. The predicted molar refractivity (Wildman–Crippen MR) is 67.5 cm³/mol. The lowest BCUT2D eigenvalue weighted by molar-refractivity contribution is 0.630. The van der Waals surface area contributed by atoms with Crippen LogP contribution in [0.15, 0.2) is 36.4 Å². The average molecular weight is 227 g/mol. The third kappa shape index (κ3) is 1.34. The number of aryl methyl sites for hydroxylation is 1. The first-order valence-corrected chi connectivity index (χ1v) is 5.82. The SMILES string of the molecule is Cc1cccc2c1-c1c(F)cccc1C2CN. The Balaban J connectivity index is 2.39. The van der Waals surface area contributed by atoms with Crippen LogP contribution in [-0.2, 0) is 0 Å². The first kappa shape index (κ1) is 10.5. The molecule has 0 heterocycles. The molecule has 2 aromatic carbocycles. The quantitative estimate of drug-likeness (QED) is 0.795. The molecule has 2 aromatic rings. The third-order valence-electron chi connectivity index (χ3n) is 3.59. The van der Waals surface area contributed by atoms with E-state index in [9.17, 15) is 4.39 Å². The van der Waals surface area contributed by atoms with Crippen LogP contribution in [0.3, 0.4) is 0 Å². The number of nitrogens with two attached hydrogens (primary N) is 1. The predicted octanol–water partition coefficient (Wildman–Crippen LogP) is 3.21. The molecule has 0 saturated heterocycles. The zero-order chi connectivity index (χ0) is 12.0. The van der Waals surface area contributed by atoms with E-state index < -0.39 is 0 Å². The molecule has 2 N–H and O–H groups in total. The fourth-order valence-corrected chi connectivity index (χ4v) is 2.84. The van der Waals surface area contributed by atoms with Crippen molar-refractivity contribution < 1.29 is 4.39 Å². The molecule has 3 rings (SSSR count). The molecule has 1 unspecified atom stereocenters. The number of benzene rings is 2.